The molecular formula is C12H14N2O3. The average Bonchev–Trinajstić information content (AvgIpc) is 2.36. The Hall–Kier alpha value is -1.72. The van der Waals surface area contributed by atoms with Crippen molar-refractivity contribution in [3.63, 3.8) is 0 Å². The molecule has 17 heavy (non-hydrogen) atoms. The zero-order valence-corrected chi connectivity index (χ0v) is 9.70. The maximum atomic E-state index is 11.1. The van der Waals surface area contributed by atoms with Crippen molar-refractivity contribution in [2.24, 2.45) is 5.16 Å². The van der Waals surface area contributed by atoms with Gasteiger partial charge in [0.15, 0.2) is 0 Å². The number of rotatable bonds is 2. The Morgan fingerprint density at radius 3 is 2.82 bits per heavy atom. The Morgan fingerprint density at radius 1 is 1.47 bits per heavy atom. The number of benzene rings is 1. The van der Waals surface area contributed by atoms with Crippen LogP contribution in [0.2, 0.25) is 0 Å². The van der Waals surface area contributed by atoms with Crippen molar-refractivity contribution in [3.8, 4) is 0 Å². The van der Waals surface area contributed by atoms with E-state index in [4.69, 9.17) is 4.84 Å². The zero-order valence-electron chi connectivity index (χ0n) is 9.70. The van der Waals surface area contributed by atoms with Gasteiger partial charge in [0.2, 0.25) is 0 Å². The van der Waals surface area contributed by atoms with Crippen LogP contribution in [0.3, 0.4) is 0 Å². The summed E-state index contributed by atoms with van der Waals surface area (Å²) in [6.45, 7) is 0. The summed E-state index contributed by atoms with van der Waals surface area (Å²) in [6.07, 6.45) is -0.0611. The van der Waals surface area contributed by atoms with Gasteiger partial charge in [0.25, 0.3) is 0 Å². The number of aldehydes is 1. The van der Waals surface area contributed by atoms with Gasteiger partial charge < -0.3 is 14.7 Å². The van der Waals surface area contributed by atoms with Gasteiger partial charge in [-0.3, -0.25) is 4.90 Å². The van der Waals surface area contributed by atoms with Crippen LogP contribution >= 0.6 is 0 Å². The molecule has 0 amide bonds. The van der Waals surface area contributed by atoms with Crippen LogP contribution in [0.25, 0.3) is 0 Å². The lowest BCUT2D eigenvalue weighted by Crippen LogP contribution is -2.47. The minimum absolute atomic E-state index is 0.519. The van der Waals surface area contributed by atoms with Gasteiger partial charge in [-0.2, -0.15) is 0 Å². The highest BCUT2D eigenvalue weighted by Gasteiger charge is 2.35. The molecule has 1 aliphatic rings. The first-order valence-corrected chi connectivity index (χ1v) is 5.26. The molecular weight excluding hydrogens is 220 g/mol. The van der Waals surface area contributed by atoms with Gasteiger partial charge in [-0.25, -0.2) is 0 Å². The van der Waals surface area contributed by atoms with Crippen molar-refractivity contribution in [2.75, 3.05) is 14.2 Å². The van der Waals surface area contributed by atoms with E-state index in [-0.39, 0.29) is 0 Å². The molecule has 0 bridgehead atoms. The molecule has 1 aromatic carbocycles. The fourth-order valence-corrected chi connectivity index (χ4v) is 2.04. The molecule has 2 atom stereocenters. The monoisotopic (exact) mass is 234 g/mol. The molecule has 1 heterocycles. The summed E-state index contributed by atoms with van der Waals surface area (Å²) in [7, 11) is 3.10. The SMILES string of the molecule is CON=C1c2ccccc2C(O)N(C)C1C=O. The molecule has 2 rings (SSSR count). The number of carbonyl (C=O) groups is 1. The minimum atomic E-state index is -0.808. The number of hydrogen-bond acceptors (Lipinski definition) is 5. The Labute approximate surface area is 99.3 Å². The second kappa shape index (κ2) is 4.65. The zero-order chi connectivity index (χ0) is 12.4. The second-order valence-electron chi connectivity index (χ2n) is 3.87. The minimum Gasteiger partial charge on any atom is -0.399 e. The third-order valence-corrected chi connectivity index (χ3v) is 2.94. The number of carbonyl (C=O) groups excluding carboxylic acids is 1. The molecule has 0 saturated heterocycles. The maximum absolute atomic E-state index is 11.1. The molecule has 5 heteroatoms. The highest BCUT2D eigenvalue weighted by molar-refractivity contribution is 6.13. The van der Waals surface area contributed by atoms with E-state index in [1.165, 1.54) is 7.11 Å². The van der Waals surface area contributed by atoms with Crippen molar-refractivity contribution in [3.05, 3.63) is 35.4 Å². The fraction of sp³-hybridized carbons (Fsp3) is 0.333. The van der Waals surface area contributed by atoms with E-state index >= 15 is 0 Å². The van der Waals surface area contributed by atoms with Gasteiger partial charge >= 0.3 is 0 Å². The summed E-state index contributed by atoms with van der Waals surface area (Å²) in [5.41, 5.74) is 1.99. The lowest BCUT2D eigenvalue weighted by molar-refractivity contribution is -0.113. The predicted molar refractivity (Wildman–Crippen MR) is 62.6 cm³/mol. The first-order valence-electron chi connectivity index (χ1n) is 5.26. The summed E-state index contributed by atoms with van der Waals surface area (Å²) < 4.78 is 0. The molecule has 5 nitrogen and oxygen atoms in total. The molecule has 0 fully saturated rings. The van der Waals surface area contributed by atoms with Crippen LogP contribution in [0.4, 0.5) is 0 Å². The number of oxime groups is 1. The molecule has 0 aliphatic carbocycles. The lowest BCUT2D eigenvalue weighted by atomic mass is 9.92. The van der Waals surface area contributed by atoms with Crippen LogP contribution in [0.1, 0.15) is 17.4 Å². The molecule has 0 radical (unpaired) electrons. The molecule has 1 aromatic rings. The summed E-state index contributed by atoms with van der Waals surface area (Å²) >= 11 is 0. The van der Waals surface area contributed by atoms with Crippen molar-refractivity contribution < 1.29 is 14.7 Å². The molecule has 0 saturated carbocycles. The second-order valence-corrected chi connectivity index (χ2v) is 3.87. The lowest BCUT2D eigenvalue weighted by Gasteiger charge is -2.35. The van der Waals surface area contributed by atoms with Gasteiger partial charge in [0.1, 0.15) is 31.4 Å². The van der Waals surface area contributed by atoms with Crippen molar-refractivity contribution in [1.29, 1.82) is 0 Å². The Bertz CT molecular complexity index is 459. The van der Waals surface area contributed by atoms with E-state index in [1.807, 2.05) is 24.3 Å². The number of hydrogen-bond donors (Lipinski definition) is 1. The van der Waals surface area contributed by atoms with E-state index in [2.05, 4.69) is 5.16 Å². The van der Waals surface area contributed by atoms with Crippen molar-refractivity contribution in [2.45, 2.75) is 12.3 Å². The molecule has 0 spiro atoms. The van der Waals surface area contributed by atoms with Gasteiger partial charge in [-0.1, -0.05) is 29.4 Å². The van der Waals surface area contributed by atoms with Crippen LogP contribution in [0.5, 0.6) is 0 Å². The number of aliphatic hydroxyl groups is 1. The number of aliphatic hydroxyl groups excluding tert-OH is 1. The number of likely N-dealkylation sites (N-methyl/N-ethyl adjacent to an activating group) is 1. The van der Waals surface area contributed by atoms with Crippen molar-refractivity contribution in [1.82, 2.24) is 4.90 Å². The molecule has 1 aliphatic heterocycles. The van der Waals surface area contributed by atoms with E-state index in [0.717, 1.165) is 17.4 Å². The maximum Gasteiger partial charge on any atom is 0.143 e. The summed E-state index contributed by atoms with van der Waals surface area (Å²) in [5, 5.41) is 14.0. The summed E-state index contributed by atoms with van der Waals surface area (Å²) in [5.74, 6) is 0. The van der Waals surface area contributed by atoms with Gasteiger partial charge in [-0.15, -0.1) is 0 Å². The highest BCUT2D eigenvalue weighted by Crippen LogP contribution is 2.29. The molecule has 0 aromatic heterocycles. The first-order chi connectivity index (χ1) is 8.20. The third kappa shape index (κ3) is 1.83. The number of fused-ring (bicyclic) bond motifs is 1. The topological polar surface area (TPSA) is 62.1 Å². The van der Waals surface area contributed by atoms with E-state index in [0.29, 0.717) is 5.71 Å². The highest BCUT2D eigenvalue weighted by atomic mass is 16.6. The largest absolute Gasteiger partial charge is 0.399 e. The molecule has 2 unspecified atom stereocenters. The van der Waals surface area contributed by atoms with E-state index in [9.17, 15) is 9.90 Å². The van der Waals surface area contributed by atoms with Gasteiger partial charge in [0, 0.05) is 11.1 Å². The number of nitrogens with zero attached hydrogens (tertiary/aromatic N) is 2. The Morgan fingerprint density at radius 2 is 2.18 bits per heavy atom. The molecule has 90 valence electrons. The van der Waals surface area contributed by atoms with Gasteiger partial charge in [-0.05, 0) is 7.05 Å². The van der Waals surface area contributed by atoms with Crippen LogP contribution in [0.15, 0.2) is 29.4 Å². The first kappa shape index (κ1) is 11.8. The standard InChI is InChI=1S/C12H14N2O3/c1-14-10(7-15)11(13-17-2)8-5-3-4-6-9(8)12(14)16/h3-7,10,12,16H,1-2H3. The third-order valence-electron chi connectivity index (χ3n) is 2.94. The van der Waals surface area contributed by atoms with Gasteiger partial charge in [0.05, 0.1) is 0 Å². The Balaban J connectivity index is 2.60. The summed E-state index contributed by atoms with van der Waals surface area (Å²) in [6, 6.07) is 6.70. The van der Waals surface area contributed by atoms with Crippen molar-refractivity contribution >= 4 is 12.0 Å². The van der Waals surface area contributed by atoms with Crippen LogP contribution in [0, 0.1) is 0 Å². The predicted octanol–water partition coefficient (Wildman–Crippen LogP) is 0.541. The van der Waals surface area contributed by atoms with Crippen LogP contribution < -0.4 is 0 Å². The summed E-state index contributed by atoms with van der Waals surface area (Å²) in [4.78, 5) is 17.4. The smallest absolute Gasteiger partial charge is 0.143 e. The fourth-order valence-electron chi connectivity index (χ4n) is 2.04. The van der Waals surface area contributed by atoms with E-state index in [1.54, 1.807) is 11.9 Å². The molecule has 1 N–H and O–H groups in total. The normalized spacial score (nSPS) is 26.6. The van der Waals surface area contributed by atoms with Crippen LogP contribution in [-0.2, 0) is 9.63 Å². The average molecular weight is 234 g/mol. The van der Waals surface area contributed by atoms with E-state index < -0.39 is 12.3 Å². The Kier molecular flexibility index (Phi) is 3.21. The van der Waals surface area contributed by atoms with Crippen LogP contribution in [-0.4, -0.2) is 42.2 Å². The quantitative estimate of drug-likeness (QED) is 0.599.